The van der Waals surface area contributed by atoms with Gasteiger partial charge in [-0.1, -0.05) is 43.5 Å². The molecule has 0 radical (unpaired) electrons. The van der Waals surface area contributed by atoms with Crippen LogP contribution in [0.3, 0.4) is 0 Å². The van der Waals surface area contributed by atoms with Crippen LogP contribution in [0, 0.1) is 0 Å². The molecule has 2 nitrogen and oxygen atoms in total. The molecule has 18 heavy (non-hydrogen) atoms. The van der Waals surface area contributed by atoms with Gasteiger partial charge in [-0.15, -0.1) is 0 Å². The average Bonchev–Trinajstić information content (AvgIpc) is 2.35. The summed E-state index contributed by atoms with van der Waals surface area (Å²) >= 11 is 5.87. The van der Waals surface area contributed by atoms with E-state index in [9.17, 15) is 0 Å². The summed E-state index contributed by atoms with van der Waals surface area (Å²) in [5.41, 5.74) is 7.20. The number of ether oxygens (including phenoxy) is 1. The van der Waals surface area contributed by atoms with Crippen molar-refractivity contribution in [3.8, 4) is 0 Å². The van der Waals surface area contributed by atoms with Crippen molar-refractivity contribution >= 4 is 11.6 Å². The maximum absolute atomic E-state index is 5.98. The Balaban J connectivity index is 2.44. The van der Waals surface area contributed by atoms with E-state index in [-0.39, 0.29) is 12.1 Å². The molecule has 0 spiro atoms. The fourth-order valence-electron chi connectivity index (χ4n) is 1.84. The Bertz CT molecular complexity index is 324. The van der Waals surface area contributed by atoms with Gasteiger partial charge in [0.15, 0.2) is 0 Å². The molecule has 0 amide bonds. The highest BCUT2D eigenvalue weighted by Crippen LogP contribution is 2.13. The molecule has 0 heterocycles. The largest absolute Gasteiger partial charge is 0.376 e. The number of rotatable bonds is 8. The maximum Gasteiger partial charge on any atom is 0.0763 e. The predicted molar refractivity (Wildman–Crippen MR) is 78.1 cm³/mol. The first kappa shape index (κ1) is 15.5. The minimum Gasteiger partial charge on any atom is -0.376 e. The third-order valence-electron chi connectivity index (χ3n) is 3.02. The highest BCUT2D eigenvalue weighted by atomic mass is 35.5. The molecule has 1 rings (SSSR count). The monoisotopic (exact) mass is 269 g/mol. The van der Waals surface area contributed by atoms with Crippen molar-refractivity contribution in [2.24, 2.45) is 5.73 Å². The van der Waals surface area contributed by atoms with Crippen molar-refractivity contribution < 1.29 is 4.74 Å². The summed E-state index contributed by atoms with van der Waals surface area (Å²) in [6.07, 6.45) is 4.47. The molecule has 0 saturated carbocycles. The van der Waals surface area contributed by atoms with E-state index in [1.54, 1.807) is 0 Å². The molecule has 1 aromatic carbocycles. The fraction of sp³-hybridized carbons (Fsp3) is 0.600. The lowest BCUT2D eigenvalue weighted by Crippen LogP contribution is -2.36. The van der Waals surface area contributed by atoms with E-state index in [0.717, 1.165) is 24.5 Å². The van der Waals surface area contributed by atoms with Gasteiger partial charge >= 0.3 is 0 Å². The fourth-order valence-corrected chi connectivity index (χ4v) is 1.96. The normalized spacial score (nSPS) is 14.4. The SMILES string of the molecule is CCCCCO[C@H](Cc1ccc(Cl)cc1)[C@@H](C)N. The van der Waals surface area contributed by atoms with E-state index in [4.69, 9.17) is 22.1 Å². The first-order valence-electron chi connectivity index (χ1n) is 6.75. The zero-order chi connectivity index (χ0) is 13.4. The van der Waals surface area contributed by atoms with Crippen molar-refractivity contribution in [1.29, 1.82) is 0 Å². The summed E-state index contributed by atoms with van der Waals surface area (Å²) in [6, 6.07) is 7.93. The highest BCUT2D eigenvalue weighted by Gasteiger charge is 2.14. The Morgan fingerprint density at radius 2 is 1.89 bits per heavy atom. The third kappa shape index (κ3) is 5.85. The number of hydrogen-bond donors (Lipinski definition) is 1. The van der Waals surface area contributed by atoms with Crippen LogP contribution in [0.5, 0.6) is 0 Å². The molecule has 0 aliphatic carbocycles. The number of hydrogen-bond acceptors (Lipinski definition) is 2. The molecule has 2 N–H and O–H groups in total. The summed E-state index contributed by atoms with van der Waals surface area (Å²) in [6.45, 7) is 4.99. The van der Waals surface area contributed by atoms with Crippen molar-refractivity contribution in [1.82, 2.24) is 0 Å². The number of halogens is 1. The van der Waals surface area contributed by atoms with Gasteiger partial charge in [-0.05, 0) is 31.0 Å². The van der Waals surface area contributed by atoms with Crippen LogP contribution in [0.15, 0.2) is 24.3 Å². The second-order valence-corrected chi connectivity index (χ2v) is 5.24. The second-order valence-electron chi connectivity index (χ2n) is 4.81. The van der Waals surface area contributed by atoms with E-state index >= 15 is 0 Å². The van der Waals surface area contributed by atoms with Gasteiger partial charge in [0.25, 0.3) is 0 Å². The lowest BCUT2D eigenvalue weighted by Gasteiger charge is -2.21. The molecule has 3 heteroatoms. The van der Waals surface area contributed by atoms with Gasteiger partial charge in [-0.3, -0.25) is 0 Å². The minimum atomic E-state index is 0.0438. The zero-order valence-electron chi connectivity index (χ0n) is 11.4. The molecule has 2 atom stereocenters. The van der Waals surface area contributed by atoms with E-state index in [2.05, 4.69) is 6.92 Å². The molecule has 0 unspecified atom stereocenters. The summed E-state index contributed by atoms with van der Waals surface area (Å²) in [4.78, 5) is 0. The summed E-state index contributed by atoms with van der Waals surface area (Å²) < 4.78 is 5.88. The van der Waals surface area contributed by atoms with E-state index in [1.807, 2.05) is 31.2 Å². The van der Waals surface area contributed by atoms with Gasteiger partial charge in [0, 0.05) is 24.1 Å². The van der Waals surface area contributed by atoms with Crippen molar-refractivity contribution in [2.45, 2.75) is 51.7 Å². The predicted octanol–water partition coefficient (Wildman–Crippen LogP) is 3.81. The van der Waals surface area contributed by atoms with Gasteiger partial charge in [0.2, 0.25) is 0 Å². The summed E-state index contributed by atoms with van der Waals surface area (Å²) in [5.74, 6) is 0. The van der Waals surface area contributed by atoms with Crippen molar-refractivity contribution in [3.63, 3.8) is 0 Å². The molecule has 102 valence electrons. The van der Waals surface area contributed by atoms with E-state index < -0.39 is 0 Å². The Hall–Kier alpha value is -0.570. The molecular formula is C15H24ClNO. The van der Waals surface area contributed by atoms with E-state index in [1.165, 1.54) is 18.4 Å². The average molecular weight is 270 g/mol. The number of nitrogens with two attached hydrogens (primary N) is 1. The Kier molecular flexibility index (Phi) is 7.33. The van der Waals surface area contributed by atoms with Crippen LogP contribution >= 0.6 is 11.6 Å². The van der Waals surface area contributed by atoms with Gasteiger partial charge in [-0.25, -0.2) is 0 Å². The zero-order valence-corrected chi connectivity index (χ0v) is 12.1. The van der Waals surface area contributed by atoms with Gasteiger partial charge in [-0.2, -0.15) is 0 Å². The van der Waals surface area contributed by atoms with Gasteiger partial charge < -0.3 is 10.5 Å². The van der Waals surface area contributed by atoms with E-state index in [0.29, 0.717) is 0 Å². The molecule has 1 aromatic rings. The molecule has 0 aliphatic rings. The first-order valence-corrected chi connectivity index (χ1v) is 7.13. The quantitative estimate of drug-likeness (QED) is 0.729. The Labute approximate surface area is 115 Å². The van der Waals surface area contributed by atoms with Crippen LogP contribution in [0.1, 0.15) is 38.7 Å². The standard InChI is InChI=1S/C15H24ClNO/c1-3-4-5-10-18-15(12(2)17)11-13-6-8-14(16)9-7-13/h6-9,12,15H,3-5,10-11,17H2,1-2H3/t12-,15-/m1/s1. The first-order chi connectivity index (χ1) is 8.63. The lowest BCUT2D eigenvalue weighted by molar-refractivity contribution is 0.0374. The van der Waals surface area contributed by atoms with Crippen LogP contribution in [0.4, 0.5) is 0 Å². The third-order valence-corrected chi connectivity index (χ3v) is 3.27. The number of unbranched alkanes of at least 4 members (excludes halogenated alkanes) is 2. The molecule has 0 bridgehead atoms. The van der Waals surface area contributed by atoms with Crippen LogP contribution in [0.2, 0.25) is 5.02 Å². The van der Waals surface area contributed by atoms with Crippen molar-refractivity contribution in [3.05, 3.63) is 34.9 Å². The van der Waals surface area contributed by atoms with Crippen LogP contribution < -0.4 is 5.73 Å². The van der Waals surface area contributed by atoms with Crippen LogP contribution in [-0.2, 0) is 11.2 Å². The molecular weight excluding hydrogens is 246 g/mol. The topological polar surface area (TPSA) is 35.2 Å². The maximum atomic E-state index is 5.98. The Morgan fingerprint density at radius 1 is 1.22 bits per heavy atom. The second kappa shape index (κ2) is 8.52. The number of benzene rings is 1. The van der Waals surface area contributed by atoms with Crippen LogP contribution in [-0.4, -0.2) is 18.8 Å². The van der Waals surface area contributed by atoms with Crippen LogP contribution in [0.25, 0.3) is 0 Å². The lowest BCUT2D eigenvalue weighted by atomic mass is 10.0. The molecule has 0 aromatic heterocycles. The smallest absolute Gasteiger partial charge is 0.0763 e. The minimum absolute atomic E-state index is 0.0438. The van der Waals surface area contributed by atoms with Gasteiger partial charge in [0.1, 0.15) is 0 Å². The summed E-state index contributed by atoms with van der Waals surface area (Å²) in [7, 11) is 0. The molecule has 0 saturated heterocycles. The molecule has 0 fully saturated rings. The highest BCUT2D eigenvalue weighted by molar-refractivity contribution is 6.30. The summed E-state index contributed by atoms with van der Waals surface area (Å²) in [5, 5.41) is 0.764. The van der Waals surface area contributed by atoms with Gasteiger partial charge in [0.05, 0.1) is 6.10 Å². The molecule has 0 aliphatic heterocycles. The van der Waals surface area contributed by atoms with Crippen molar-refractivity contribution in [2.75, 3.05) is 6.61 Å². The Morgan fingerprint density at radius 3 is 2.44 bits per heavy atom.